The fraction of sp³-hybridized carbons (Fsp3) is 0. The number of rotatable bonds is 1. The molecule has 0 bridgehead atoms. The van der Waals surface area contributed by atoms with E-state index < -0.39 is 5.97 Å². The van der Waals surface area contributed by atoms with Crippen LogP contribution in [0, 0.1) is 0 Å². The highest BCUT2D eigenvalue weighted by molar-refractivity contribution is 5.83. The first kappa shape index (κ1) is 5.61. The van der Waals surface area contributed by atoms with Crippen LogP contribution in [0.3, 0.4) is 0 Å². The Morgan fingerprint density at radius 3 is 2.78 bits per heavy atom. The van der Waals surface area contributed by atoms with Crippen LogP contribution in [-0.2, 0) is 0 Å². The molecule has 1 heterocycles. The molecule has 0 radical (unpaired) electrons. The van der Waals surface area contributed by atoms with Gasteiger partial charge in [-0.15, -0.1) is 0 Å². The number of imidazole rings is 1. The molecule has 1 aromatic rings. The van der Waals surface area contributed by atoms with Gasteiger partial charge in [-0.1, -0.05) is 0 Å². The minimum Gasteiger partial charge on any atom is -0.475 e. The molecule has 0 aromatic carbocycles. The van der Waals surface area contributed by atoms with E-state index in [1.807, 2.05) is 0 Å². The smallest absolute Gasteiger partial charge is 0.371 e. The molecule has 0 unspecified atom stereocenters. The summed E-state index contributed by atoms with van der Waals surface area (Å²) in [6, 6.07) is 0. The van der Waals surface area contributed by atoms with E-state index in [-0.39, 0.29) is 11.6 Å². The zero-order valence-corrected chi connectivity index (χ0v) is 4.46. The summed E-state index contributed by atoms with van der Waals surface area (Å²) < 4.78 is 0. The van der Waals surface area contributed by atoms with Gasteiger partial charge < -0.3 is 15.8 Å². The normalized spacial score (nSPS) is 9.33. The molecular formula is C4H5N3O2. The summed E-state index contributed by atoms with van der Waals surface area (Å²) in [5.74, 6) is -0.980. The second-order valence-corrected chi connectivity index (χ2v) is 1.49. The van der Waals surface area contributed by atoms with E-state index in [1.165, 1.54) is 6.20 Å². The molecule has 0 aliphatic carbocycles. The van der Waals surface area contributed by atoms with E-state index in [0.717, 1.165) is 0 Å². The lowest BCUT2D eigenvalue weighted by Crippen LogP contribution is -1.98. The predicted octanol–water partition coefficient (Wildman–Crippen LogP) is -0.310. The van der Waals surface area contributed by atoms with Gasteiger partial charge in [-0.05, 0) is 0 Å². The minimum absolute atomic E-state index is 0.132. The van der Waals surface area contributed by atoms with Crippen LogP contribution in [0.25, 0.3) is 0 Å². The summed E-state index contributed by atoms with van der Waals surface area (Å²) >= 11 is 0. The first-order valence-corrected chi connectivity index (χ1v) is 2.24. The number of aromatic amines is 1. The van der Waals surface area contributed by atoms with E-state index in [0.29, 0.717) is 0 Å². The first-order valence-electron chi connectivity index (χ1n) is 2.24. The number of carbonyl (C=O) groups is 1. The standard InChI is InChI=1S/C4H5N3O2/c5-2-1-6-3(7-2)4(8)9/h1H,5H2,(H,6,7)(H,8,9). The van der Waals surface area contributed by atoms with E-state index >= 15 is 0 Å². The van der Waals surface area contributed by atoms with E-state index in [2.05, 4.69) is 9.97 Å². The quantitative estimate of drug-likeness (QED) is 0.482. The van der Waals surface area contributed by atoms with Gasteiger partial charge in [-0.2, -0.15) is 0 Å². The number of nitrogens with one attached hydrogen (secondary N) is 1. The van der Waals surface area contributed by atoms with Crippen molar-refractivity contribution in [1.82, 2.24) is 9.97 Å². The summed E-state index contributed by atoms with van der Waals surface area (Å²) in [5, 5.41) is 8.25. The Morgan fingerprint density at radius 2 is 2.56 bits per heavy atom. The van der Waals surface area contributed by atoms with Crippen LogP contribution in [0.1, 0.15) is 10.6 Å². The molecule has 48 valence electrons. The topological polar surface area (TPSA) is 92.0 Å². The van der Waals surface area contributed by atoms with Crippen LogP contribution in [0.15, 0.2) is 6.20 Å². The van der Waals surface area contributed by atoms with Gasteiger partial charge in [-0.25, -0.2) is 9.78 Å². The lowest BCUT2D eigenvalue weighted by Gasteiger charge is -1.81. The monoisotopic (exact) mass is 127 g/mol. The van der Waals surface area contributed by atoms with Gasteiger partial charge in [-0.3, -0.25) is 0 Å². The van der Waals surface area contributed by atoms with Crippen molar-refractivity contribution in [3.8, 4) is 0 Å². The number of aromatic carboxylic acids is 1. The molecule has 0 atom stereocenters. The van der Waals surface area contributed by atoms with E-state index in [9.17, 15) is 4.79 Å². The zero-order valence-electron chi connectivity index (χ0n) is 4.46. The molecular weight excluding hydrogens is 122 g/mol. The maximum absolute atomic E-state index is 10.1. The Kier molecular flexibility index (Phi) is 1.11. The van der Waals surface area contributed by atoms with Crippen molar-refractivity contribution < 1.29 is 9.90 Å². The molecule has 4 N–H and O–H groups in total. The molecule has 0 amide bonds. The van der Waals surface area contributed by atoms with Crippen LogP contribution in [0.2, 0.25) is 0 Å². The summed E-state index contributed by atoms with van der Waals surface area (Å²) in [4.78, 5) is 15.8. The second kappa shape index (κ2) is 1.77. The average molecular weight is 127 g/mol. The lowest BCUT2D eigenvalue weighted by molar-refractivity contribution is 0.0685. The molecule has 0 saturated carbocycles. The number of hydrogen-bond donors (Lipinski definition) is 3. The molecule has 5 nitrogen and oxygen atoms in total. The number of carboxylic acid groups (broad SMARTS) is 1. The molecule has 1 aromatic heterocycles. The summed E-state index contributed by atoms with van der Waals surface area (Å²) in [7, 11) is 0. The van der Waals surface area contributed by atoms with Crippen molar-refractivity contribution in [2.75, 3.05) is 5.73 Å². The zero-order chi connectivity index (χ0) is 6.85. The number of nitrogen functional groups attached to an aromatic ring is 1. The first-order chi connectivity index (χ1) is 4.20. The fourth-order valence-electron chi connectivity index (χ4n) is 0.444. The summed E-state index contributed by atoms with van der Waals surface area (Å²) in [6.45, 7) is 0. The summed E-state index contributed by atoms with van der Waals surface area (Å²) in [5.41, 5.74) is 5.14. The fourth-order valence-corrected chi connectivity index (χ4v) is 0.444. The minimum atomic E-state index is -1.10. The number of aromatic nitrogens is 2. The van der Waals surface area contributed by atoms with Crippen LogP contribution < -0.4 is 5.73 Å². The molecule has 5 heteroatoms. The number of carboxylic acids is 1. The SMILES string of the molecule is Nc1cnc(C(=O)O)[nH]1. The maximum Gasteiger partial charge on any atom is 0.371 e. The van der Waals surface area contributed by atoms with E-state index in [1.54, 1.807) is 0 Å². The van der Waals surface area contributed by atoms with Gasteiger partial charge in [0, 0.05) is 0 Å². The van der Waals surface area contributed by atoms with Crippen LogP contribution in [0.5, 0.6) is 0 Å². The van der Waals surface area contributed by atoms with Crippen molar-refractivity contribution in [1.29, 1.82) is 0 Å². The largest absolute Gasteiger partial charge is 0.475 e. The molecule has 0 spiro atoms. The molecule has 0 aliphatic heterocycles. The average Bonchev–Trinajstić information content (AvgIpc) is 2.14. The Hall–Kier alpha value is -1.52. The van der Waals surface area contributed by atoms with Crippen molar-refractivity contribution in [2.45, 2.75) is 0 Å². The third-order valence-corrected chi connectivity index (χ3v) is 0.798. The second-order valence-electron chi connectivity index (χ2n) is 1.49. The maximum atomic E-state index is 10.1. The predicted molar refractivity (Wildman–Crippen MR) is 30.0 cm³/mol. The number of anilines is 1. The van der Waals surface area contributed by atoms with Gasteiger partial charge in [0.25, 0.3) is 0 Å². The van der Waals surface area contributed by atoms with E-state index in [4.69, 9.17) is 10.8 Å². The third-order valence-electron chi connectivity index (χ3n) is 0.798. The third kappa shape index (κ3) is 0.987. The summed E-state index contributed by atoms with van der Waals surface area (Å²) in [6.07, 6.45) is 1.25. The highest BCUT2D eigenvalue weighted by Crippen LogP contribution is 1.95. The number of H-pyrrole nitrogens is 1. The Morgan fingerprint density at radius 1 is 1.89 bits per heavy atom. The van der Waals surface area contributed by atoms with Crippen molar-refractivity contribution in [2.24, 2.45) is 0 Å². The van der Waals surface area contributed by atoms with Gasteiger partial charge in [0.05, 0.1) is 6.20 Å². The van der Waals surface area contributed by atoms with Crippen molar-refractivity contribution in [3.05, 3.63) is 12.0 Å². The van der Waals surface area contributed by atoms with Crippen LogP contribution >= 0.6 is 0 Å². The molecule has 9 heavy (non-hydrogen) atoms. The molecule has 0 saturated heterocycles. The van der Waals surface area contributed by atoms with Gasteiger partial charge >= 0.3 is 5.97 Å². The number of nitrogens with two attached hydrogens (primary N) is 1. The highest BCUT2D eigenvalue weighted by Gasteiger charge is 2.04. The van der Waals surface area contributed by atoms with Gasteiger partial charge in [0.15, 0.2) is 0 Å². The highest BCUT2D eigenvalue weighted by atomic mass is 16.4. The van der Waals surface area contributed by atoms with Crippen LogP contribution in [0.4, 0.5) is 5.82 Å². The van der Waals surface area contributed by atoms with Gasteiger partial charge in [0.1, 0.15) is 5.82 Å². The molecule has 1 rings (SSSR count). The van der Waals surface area contributed by atoms with Crippen molar-refractivity contribution >= 4 is 11.8 Å². The lowest BCUT2D eigenvalue weighted by atomic mass is 10.6. The Bertz CT molecular complexity index is 229. The molecule has 0 fully saturated rings. The van der Waals surface area contributed by atoms with Gasteiger partial charge in [0.2, 0.25) is 5.82 Å². The Balaban J connectivity index is 2.98. The van der Waals surface area contributed by atoms with Crippen LogP contribution in [-0.4, -0.2) is 21.0 Å². The number of nitrogens with zero attached hydrogens (tertiary/aromatic N) is 1. The molecule has 0 aliphatic rings. The Labute approximate surface area is 50.5 Å². The number of hydrogen-bond acceptors (Lipinski definition) is 3. The van der Waals surface area contributed by atoms with Crippen molar-refractivity contribution in [3.63, 3.8) is 0 Å².